The van der Waals surface area contributed by atoms with Gasteiger partial charge in [-0.05, 0) is 45.2 Å². The highest BCUT2D eigenvalue weighted by Crippen LogP contribution is 2.23. The Kier molecular flexibility index (Phi) is 2.60. The second kappa shape index (κ2) is 3.74. The SMILES string of the molecule is Cc1ccc(CC2(C)CCCN2)cc1. The largest absolute Gasteiger partial charge is 0.311 e. The van der Waals surface area contributed by atoms with Crippen LogP contribution >= 0.6 is 0 Å². The minimum atomic E-state index is 0.343. The van der Waals surface area contributed by atoms with Crippen LogP contribution in [0.15, 0.2) is 24.3 Å². The van der Waals surface area contributed by atoms with Gasteiger partial charge in [0, 0.05) is 5.54 Å². The molecule has 1 heteroatoms. The Labute approximate surface area is 86.5 Å². The van der Waals surface area contributed by atoms with Gasteiger partial charge in [-0.15, -0.1) is 0 Å². The maximum Gasteiger partial charge on any atom is 0.0194 e. The standard InChI is InChI=1S/C13H19N/c1-11-4-6-12(7-5-11)10-13(2)8-3-9-14-13/h4-7,14H,3,8-10H2,1-2H3. The number of rotatable bonds is 2. The fourth-order valence-electron chi connectivity index (χ4n) is 2.26. The zero-order valence-electron chi connectivity index (χ0n) is 9.14. The Morgan fingerprint density at radius 3 is 2.57 bits per heavy atom. The molecule has 1 aromatic rings. The lowest BCUT2D eigenvalue weighted by Gasteiger charge is -2.24. The monoisotopic (exact) mass is 189 g/mol. The van der Waals surface area contributed by atoms with Crippen molar-refractivity contribution in [3.63, 3.8) is 0 Å². The average Bonchev–Trinajstić information content (AvgIpc) is 2.57. The molecule has 1 heterocycles. The van der Waals surface area contributed by atoms with E-state index in [4.69, 9.17) is 0 Å². The van der Waals surface area contributed by atoms with Crippen LogP contribution in [0.3, 0.4) is 0 Å². The van der Waals surface area contributed by atoms with Gasteiger partial charge in [0.1, 0.15) is 0 Å². The average molecular weight is 189 g/mol. The molecular formula is C13H19N. The van der Waals surface area contributed by atoms with Gasteiger partial charge in [-0.3, -0.25) is 0 Å². The van der Waals surface area contributed by atoms with Crippen LogP contribution in [0.5, 0.6) is 0 Å². The molecule has 2 rings (SSSR count). The number of benzene rings is 1. The van der Waals surface area contributed by atoms with Gasteiger partial charge >= 0.3 is 0 Å². The van der Waals surface area contributed by atoms with Crippen LogP contribution in [0.25, 0.3) is 0 Å². The first-order valence-corrected chi connectivity index (χ1v) is 5.49. The van der Waals surface area contributed by atoms with E-state index >= 15 is 0 Å². The van der Waals surface area contributed by atoms with Crippen LogP contribution in [0.4, 0.5) is 0 Å². The molecule has 0 bridgehead atoms. The van der Waals surface area contributed by atoms with Gasteiger partial charge in [0.15, 0.2) is 0 Å². The molecule has 1 fully saturated rings. The van der Waals surface area contributed by atoms with Crippen LogP contribution in [0, 0.1) is 6.92 Å². The van der Waals surface area contributed by atoms with Crippen LogP contribution in [0.1, 0.15) is 30.9 Å². The maximum atomic E-state index is 3.60. The minimum absolute atomic E-state index is 0.343. The molecule has 0 saturated carbocycles. The van der Waals surface area contributed by atoms with E-state index in [0.717, 1.165) is 6.42 Å². The Morgan fingerprint density at radius 2 is 2.00 bits per heavy atom. The molecule has 1 N–H and O–H groups in total. The summed E-state index contributed by atoms with van der Waals surface area (Å²) in [6.07, 6.45) is 3.79. The summed E-state index contributed by atoms with van der Waals surface area (Å²) in [5, 5.41) is 3.60. The van der Waals surface area contributed by atoms with Crippen molar-refractivity contribution in [3.8, 4) is 0 Å². The molecule has 14 heavy (non-hydrogen) atoms. The van der Waals surface area contributed by atoms with Gasteiger partial charge in [0.2, 0.25) is 0 Å². The normalized spacial score (nSPS) is 26.7. The summed E-state index contributed by atoms with van der Waals surface area (Å²) in [5.74, 6) is 0. The summed E-state index contributed by atoms with van der Waals surface area (Å²) in [6, 6.07) is 8.91. The summed E-state index contributed by atoms with van der Waals surface area (Å²) < 4.78 is 0. The van der Waals surface area contributed by atoms with E-state index < -0.39 is 0 Å². The Balaban J connectivity index is 2.06. The number of nitrogens with one attached hydrogen (secondary N) is 1. The molecule has 0 aromatic heterocycles. The van der Waals surface area contributed by atoms with Crippen molar-refractivity contribution in [1.29, 1.82) is 0 Å². The molecule has 1 atom stereocenters. The topological polar surface area (TPSA) is 12.0 Å². The predicted octanol–water partition coefficient (Wildman–Crippen LogP) is 2.68. The lowest BCUT2D eigenvalue weighted by Crippen LogP contribution is -2.38. The summed E-state index contributed by atoms with van der Waals surface area (Å²) in [4.78, 5) is 0. The Hall–Kier alpha value is -0.820. The summed E-state index contributed by atoms with van der Waals surface area (Å²) in [7, 11) is 0. The van der Waals surface area contributed by atoms with Crippen molar-refractivity contribution in [2.45, 2.75) is 38.6 Å². The fourth-order valence-corrected chi connectivity index (χ4v) is 2.26. The third-order valence-electron chi connectivity index (χ3n) is 3.17. The van der Waals surface area contributed by atoms with Crippen LogP contribution in [-0.4, -0.2) is 12.1 Å². The summed E-state index contributed by atoms with van der Waals surface area (Å²) >= 11 is 0. The summed E-state index contributed by atoms with van der Waals surface area (Å²) in [6.45, 7) is 5.65. The molecule has 76 valence electrons. The minimum Gasteiger partial charge on any atom is -0.311 e. The molecule has 1 unspecified atom stereocenters. The molecule has 1 aliphatic rings. The molecule has 1 aromatic carbocycles. The molecule has 1 aliphatic heterocycles. The second-order valence-corrected chi connectivity index (χ2v) is 4.75. The third kappa shape index (κ3) is 2.16. The fraction of sp³-hybridized carbons (Fsp3) is 0.538. The van der Waals surface area contributed by atoms with E-state index in [1.54, 1.807) is 0 Å². The highest BCUT2D eigenvalue weighted by molar-refractivity contribution is 5.23. The molecule has 0 aliphatic carbocycles. The Morgan fingerprint density at radius 1 is 1.29 bits per heavy atom. The van der Waals surface area contributed by atoms with Crippen LogP contribution in [0.2, 0.25) is 0 Å². The van der Waals surface area contributed by atoms with Crippen molar-refractivity contribution in [2.75, 3.05) is 6.54 Å². The van der Waals surface area contributed by atoms with E-state index in [9.17, 15) is 0 Å². The molecule has 0 amide bonds. The van der Waals surface area contributed by atoms with Gasteiger partial charge < -0.3 is 5.32 Å². The number of hydrogen-bond donors (Lipinski definition) is 1. The van der Waals surface area contributed by atoms with E-state index in [-0.39, 0.29) is 0 Å². The predicted molar refractivity (Wildman–Crippen MR) is 60.5 cm³/mol. The van der Waals surface area contributed by atoms with Crippen molar-refractivity contribution in [2.24, 2.45) is 0 Å². The zero-order valence-corrected chi connectivity index (χ0v) is 9.14. The third-order valence-corrected chi connectivity index (χ3v) is 3.17. The van der Waals surface area contributed by atoms with Gasteiger partial charge in [0.25, 0.3) is 0 Å². The highest BCUT2D eigenvalue weighted by atomic mass is 15.0. The number of hydrogen-bond acceptors (Lipinski definition) is 1. The van der Waals surface area contributed by atoms with Gasteiger partial charge in [-0.1, -0.05) is 29.8 Å². The quantitative estimate of drug-likeness (QED) is 0.754. The lowest BCUT2D eigenvalue weighted by atomic mass is 9.91. The van der Waals surface area contributed by atoms with E-state index in [2.05, 4.69) is 43.4 Å². The smallest absolute Gasteiger partial charge is 0.0194 e. The van der Waals surface area contributed by atoms with Crippen molar-refractivity contribution < 1.29 is 0 Å². The highest BCUT2D eigenvalue weighted by Gasteiger charge is 2.27. The molecular weight excluding hydrogens is 170 g/mol. The van der Waals surface area contributed by atoms with E-state index in [1.165, 1.54) is 30.5 Å². The van der Waals surface area contributed by atoms with Gasteiger partial charge in [0.05, 0.1) is 0 Å². The van der Waals surface area contributed by atoms with E-state index in [0.29, 0.717) is 5.54 Å². The lowest BCUT2D eigenvalue weighted by molar-refractivity contribution is 0.412. The van der Waals surface area contributed by atoms with Gasteiger partial charge in [-0.25, -0.2) is 0 Å². The van der Waals surface area contributed by atoms with E-state index in [1.807, 2.05) is 0 Å². The Bertz CT molecular complexity index is 294. The molecule has 1 nitrogen and oxygen atoms in total. The van der Waals surface area contributed by atoms with Crippen LogP contribution in [-0.2, 0) is 6.42 Å². The number of aryl methyl sites for hydroxylation is 1. The first-order valence-electron chi connectivity index (χ1n) is 5.49. The van der Waals surface area contributed by atoms with Crippen molar-refractivity contribution >= 4 is 0 Å². The molecule has 0 spiro atoms. The zero-order chi connectivity index (χ0) is 10.0. The molecule has 0 radical (unpaired) electrons. The second-order valence-electron chi connectivity index (χ2n) is 4.75. The van der Waals surface area contributed by atoms with Crippen LogP contribution < -0.4 is 5.32 Å². The van der Waals surface area contributed by atoms with Crippen molar-refractivity contribution in [3.05, 3.63) is 35.4 Å². The molecule has 1 saturated heterocycles. The first kappa shape index (κ1) is 9.72. The first-order chi connectivity index (χ1) is 6.68. The van der Waals surface area contributed by atoms with Crippen molar-refractivity contribution in [1.82, 2.24) is 5.32 Å². The summed E-state index contributed by atoms with van der Waals surface area (Å²) in [5.41, 5.74) is 3.14. The van der Waals surface area contributed by atoms with Gasteiger partial charge in [-0.2, -0.15) is 0 Å². The maximum absolute atomic E-state index is 3.60.